The summed E-state index contributed by atoms with van der Waals surface area (Å²) >= 11 is 0. The zero-order valence-corrected chi connectivity index (χ0v) is 12.6. The zero-order chi connectivity index (χ0) is 14.9. The minimum absolute atomic E-state index is 0.0193. The molecule has 22 heavy (non-hydrogen) atoms. The molecule has 0 aromatic carbocycles. The summed E-state index contributed by atoms with van der Waals surface area (Å²) in [4.78, 5) is 15.1. The fraction of sp³-hybridized carbons (Fsp3) is 0.600. The lowest BCUT2D eigenvalue weighted by atomic mass is 10.1. The lowest BCUT2D eigenvalue weighted by molar-refractivity contribution is -0.0763. The van der Waals surface area contributed by atoms with E-state index in [9.17, 15) is 0 Å². The van der Waals surface area contributed by atoms with Gasteiger partial charge in [-0.2, -0.15) is 4.98 Å². The normalized spacial score (nSPS) is 26.2. The van der Waals surface area contributed by atoms with Gasteiger partial charge in [-0.1, -0.05) is 5.16 Å². The quantitative estimate of drug-likeness (QED) is 0.850. The van der Waals surface area contributed by atoms with Crippen LogP contribution in [0, 0.1) is 0 Å². The van der Waals surface area contributed by atoms with Crippen LogP contribution in [0.25, 0.3) is 0 Å². The van der Waals surface area contributed by atoms with Crippen LogP contribution in [-0.4, -0.2) is 44.3 Å². The van der Waals surface area contributed by atoms with Crippen LogP contribution in [0.5, 0.6) is 0 Å². The van der Waals surface area contributed by atoms with Crippen molar-refractivity contribution in [3.8, 4) is 0 Å². The molecule has 0 N–H and O–H groups in total. The van der Waals surface area contributed by atoms with Crippen LogP contribution < -0.4 is 0 Å². The Hall–Kier alpha value is -1.86. The number of ether oxygens (including phenoxy) is 1. The topological polar surface area (TPSA) is 77.2 Å². The highest BCUT2D eigenvalue weighted by atomic mass is 16.5. The lowest BCUT2D eigenvalue weighted by Crippen LogP contribution is -2.43. The molecule has 3 heterocycles. The van der Waals surface area contributed by atoms with Crippen LogP contribution in [0.2, 0.25) is 0 Å². The summed E-state index contributed by atoms with van der Waals surface area (Å²) in [7, 11) is 0. The molecule has 2 atom stereocenters. The van der Waals surface area contributed by atoms with E-state index in [-0.39, 0.29) is 12.1 Å². The Kier molecular flexibility index (Phi) is 3.59. The number of aromatic nitrogens is 4. The molecule has 0 bridgehead atoms. The Bertz CT molecular complexity index is 628. The van der Waals surface area contributed by atoms with Gasteiger partial charge >= 0.3 is 0 Å². The van der Waals surface area contributed by atoms with Crippen molar-refractivity contribution in [2.75, 3.05) is 13.2 Å². The second kappa shape index (κ2) is 5.73. The lowest BCUT2D eigenvalue weighted by Gasteiger charge is -2.37. The van der Waals surface area contributed by atoms with E-state index in [4.69, 9.17) is 9.26 Å². The maximum absolute atomic E-state index is 5.80. The molecule has 0 radical (unpaired) electrons. The minimum Gasteiger partial charge on any atom is -0.375 e. The zero-order valence-electron chi connectivity index (χ0n) is 12.6. The largest absolute Gasteiger partial charge is 0.375 e. The number of hydrogen-bond acceptors (Lipinski definition) is 7. The van der Waals surface area contributed by atoms with Gasteiger partial charge in [0.1, 0.15) is 12.4 Å². The van der Waals surface area contributed by atoms with Gasteiger partial charge in [-0.15, -0.1) is 0 Å². The van der Waals surface area contributed by atoms with Gasteiger partial charge in [-0.05, 0) is 19.8 Å². The maximum Gasteiger partial charge on any atom is 0.246 e. The third-order valence-corrected chi connectivity index (χ3v) is 4.25. The van der Waals surface area contributed by atoms with Crippen LogP contribution in [0.1, 0.15) is 49.0 Å². The fourth-order valence-electron chi connectivity index (χ4n) is 2.94. The first-order chi connectivity index (χ1) is 10.8. The van der Waals surface area contributed by atoms with Crippen molar-refractivity contribution in [3.05, 3.63) is 36.0 Å². The predicted molar refractivity (Wildman–Crippen MR) is 76.9 cm³/mol. The summed E-state index contributed by atoms with van der Waals surface area (Å²) in [5.74, 6) is 2.00. The Labute approximate surface area is 128 Å². The first-order valence-electron chi connectivity index (χ1n) is 7.74. The molecule has 0 spiro atoms. The van der Waals surface area contributed by atoms with Gasteiger partial charge in [-0.25, -0.2) is 9.97 Å². The van der Waals surface area contributed by atoms with E-state index < -0.39 is 0 Å². The Morgan fingerprint density at radius 1 is 1.27 bits per heavy atom. The molecule has 0 unspecified atom stereocenters. The highest BCUT2D eigenvalue weighted by molar-refractivity contribution is 5.08. The third-order valence-electron chi connectivity index (χ3n) is 4.25. The highest BCUT2D eigenvalue weighted by Crippen LogP contribution is 2.39. The standard InChI is InChI=1S/C15H19N5O2/c1-10-13(15-18-14(19-22-15)12-2-3-12)20(4-5-21-10)8-11-6-16-9-17-7-11/h6-7,9-10,12-13H,2-5,8H2,1H3/t10-,13+/m1/s1. The van der Waals surface area contributed by atoms with Gasteiger partial charge in [0.15, 0.2) is 5.82 Å². The van der Waals surface area contributed by atoms with Crippen LogP contribution in [0.4, 0.5) is 0 Å². The molecule has 7 nitrogen and oxygen atoms in total. The first kappa shape index (κ1) is 13.8. The maximum atomic E-state index is 5.80. The molecule has 7 heteroatoms. The molecule has 2 fully saturated rings. The fourth-order valence-corrected chi connectivity index (χ4v) is 2.94. The van der Waals surface area contributed by atoms with Gasteiger partial charge in [0, 0.05) is 37.0 Å². The van der Waals surface area contributed by atoms with Crippen molar-refractivity contribution >= 4 is 0 Å². The number of hydrogen-bond donors (Lipinski definition) is 0. The van der Waals surface area contributed by atoms with E-state index in [2.05, 4.69) is 31.9 Å². The van der Waals surface area contributed by atoms with E-state index in [0.717, 1.165) is 24.5 Å². The molecular formula is C15H19N5O2. The van der Waals surface area contributed by atoms with Crippen molar-refractivity contribution in [1.29, 1.82) is 0 Å². The summed E-state index contributed by atoms with van der Waals surface area (Å²) in [5, 5.41) is 4.14. The van der Waals surface area contributed by atoms with Crippen molar-refractivity contribution in [3.63, 3.8) is 0 Å². The minimum atomic E-state index is -0.0195. The second-order valence-electron chi connectivity index (χ2n) is 6.00. The van der Waals surface area contributed by atoms with E-state index in [1.54, 1.807) is 6.33 Å². The van der Waals surface area contributed by atoms with Crippen molar-refractivity contribution < 1.29 is 9.26 Å². The molecule has 4 rings (SSSR count). The molecule has 1 aliphatic carbocycles. The first-order valence-corrected chi connectivity index (χ1v) is 7.74. The third kappa shape index (κ3) is 2.74. The molecule has 1 saturated carbocycles. The van der Waals surface area contributed by atoms with E-state index >= 15 is 0 Å². The Morgan fingerprint density at radius 3 is 2.86 bits per heavy atom. The molecule has 2 aromatic rings. The average Bonchev–Trinajstić information content (AvgIpc) is 3.27. The smallest absolute Gasteiger partial charge is 0.246 e. The number of morpholine rings is 1. The summed E-state index contributed by atoms with van der Waals surface area (Å²) in [6.45, 7) is 4.33. The average molecular weight is 301 g/mol. The molecule has 2 aliphatic rings. The molecule has 1 aliphatic heterocycles. The number of rotatable bonds is 4. The van der Waals surface area contributed by atoms with Crippen LogP contribution in [0.15, 0.2) is 23.2 Å². The van der Waals surface area contributed by atoms with Gasteiger partial charge in [-0.3, -0.25) is 4.90 Å². The summed E-state index contributed by atoms with van der Waals surface area (Å²) in [6, 6.07) is -0.0195. The second-order valence-corrected chi connectivity index (χ2v) is 6.00. The summed E-state index contributed by atoms with van der Waals surface area (Å²) in [5.41, 5.74) is 1.07. The van der Waals surface area contributed by atoms with Gasteiger partial charge in [0.05, 0.1) is 12.7 Å². The van der Waals surface area contributed by atoms with Gasteiger partial charge in [0.2, 0.25) is 5.89 Å². The summed E-state index contributed by atoms with van der Waals surface area (Å²) < 4.78 is 11.3. The van der Waals surface area contributed by atoms with Crippen LogP contribution >= 0.6 is 0 Å². The van der Waals surface area contributed by atoms with Gasteiger partial charge in [0.25, 0.3) is 0 Å². The van der Waals surface area contributed by atoms with E-state index in [1.807, 2.05) is 12.4 Å². The molecule has 2 aromatic heterocycles. The molecule has 0 amide bonds. The Balaban J connectivity index is 1.57. The Morgan fingerprint density at radius 2 is 2.09 bits per heavy atom. The molecule has 1 saturated heterocycles. The molecule has 116 valence electrons. The number of nitrogens with zero attached hydrogens (tertiary/aromatic N) is 5. The summed E-state index contributed by atoms with van der Waals surface area (Å²) in [6.07, 6.45) is 7.58. The van der Waals surface area contributed by atoms with Crippen molar-refractivity contribution in [2.45, 2.75) is 44.4 Å². The highest BCUT2D eigenvalue weighted by Gasteiger charge is 2.37. The van der Waals surface area contributed by atoms with Crippen LogP contribution in [-0.2, 0) is 11.3 Å². The van der Waals surface area contributed by atoms with E-state index in [0.29, 0.717) is 18.4 Å². The van der Waals surface area contributed by atoms with Crippen molar-refractivity contribution in [2.24, 2.45) is 0 Å². The van der Waals surface area contributed by atoms with Crippen LogP contribution in [0.3, 0.4) is 0 Å². The SMILES string of the molecule is C[C@H]1OCCN(Cc2cncnc2)[C@@H]1c1nc(C2CC2)no1. The van der Waals surface area contributed by atoms with Crippen molar-refractivity contribution in [1.82, 2.24) is 25.0 Å². The van der Waals surface area contributed by atoms with E-state index in [1.165, 1.54) is 12.8 Å². The molecular weight excluding hydrogens is 282 g/mol. The van der Waals surface area contributed by atoms with Gasteiger partial charge < -0.3 is 9.26 Å². The monoisotopic (exact) mass is 301 g/mol. The predicted octanol–water partition coefficient (Wildman–Crippen LogP) is 1.70.